The van der Waals surface area contributed by atoms with E-state index >= 15 is 0 Å². The van der Waals surface area contributed by atoms with Crippen molar-refractivity contribution in [3.63, 3.8) is 0 Å². The average Bonchev–Trinajstić information content (AvgIpc) is 2.26. The van der Waals surface area contributed by atoms with E-state index in [0.29, 0.717) is 11.0 Å². The number of aliphatic hydroxyl groups excluding tert-OH is 1. The van der Waals surface area contributed by atoms with Crippen LogP contribution in [0.15, 0.2) is 22.7 Å². The lowest BCUT2D eigenvalue weighted by molar-refractivity contribution is -0.384. The van der Waals surface area contributed by atoms with Crippen molar-refractivity contribution in [2.24, 2.45) is 5.92 Å². The maximum atomic E-state index is 10.5. The van der Waals surface area contributed by atoms with Gasteiger partial charge in [0.15, 0.2) is 0 Å². The van der Waals surface area contributed by atoms with Gasteiger partial charge in [-0.05, 0) is 27.9 Å². The van der Waals surface area contributed by atoms with Crippen LogP contribution in [0.5, 0.6) is 0 Å². The number of non-ortho nitro benzene ring substituents is 1. The maximum absolute atomic E-state index is 10.5. The Morgan fingerprint density at radius 3 is 2.81 bits per heavy atom. The smallest absolute Gasteiger partial charge is 0.270 e. The monoisotopic (exact) mass is 288 g/mol. The SMILES string of the molecule is CC(CO)CNc1ccc([N+](=O)[O-])cc1Br. The topological polar surface area (TPSA) is 75.4 Å². The van der Waals surface area contributed by atoms with Crippen molar-refractivity contribution in [3.05, 3.63) is 32.8 Å². The van der Waals surface area contributed by atoms with Crippen LogP contribution in [0, 0.1) is 16.0 Å². The minimum Gasteiger partial charge on any atom is -0.396 e. The summed E-state index contributed by atoms with van der Waals surface area (Å²) < 4.78 is 0.645. The summed E-state index contributed by atoms with van der Waals surface area (Å²) in [6.07, 6.45) is 0. The summed E-state index contributed by atoms with van der Waals surface area (Å²) in [6, 6.07) is 4.54. The second-order valence-corrected chi connectivity index (χ2v) is 4.44. The van der Waals surface area contributed by atoms with Crippen LogP contribution in [0.3, 0.4) is 0 Å². The van der Waals surface area contributed by atoms with E-state index in [1.165, 1.54) is 12.1 Å². The average molecular weight is 289 g/mol. The molecule has 0 aliphatic carbocycles. The van der Waals surface area contributed by atoms with Gasteiger partial charge in [-0.25, -0.2) is 0 Å². The predicted molar refractivity (Wildman–Crippen MR) is 65.5 cm³/mol. The number of anilines is 1. The first-order valence-corrected chi connectivity index (χ1v) is 5.62. The number of rotatable bonds is 5. The molecule has 88 valence electrons. The summed E-state index contributed by atoms with van der Waals surface area (Å²) >= 11 is 3.26. The fourth-order valence-corrected chi connectivity index (χ4v) is 1.62. The van der Waals surface area contributed by atoms with Crippen molar-refractivity contribution in [2.45, 2.75) is 6.92 Å². The Kier molecular flexibility index (Phi) is 4.70. The quantitative estimate of drug-likeness (QED) is 0.644. The number of benzene rings is 1. The van der Waals surface area contributed by atoms with Crippen LogP contribution in [0.25, 0.3) is 0 Å². The summed E-state index contributed by atoms with van der Waals surface area (Å²) in [5, 5.41) is 22.5. The normalized spacial score (nSPS) is 12.2. The lowest BCUT2D eigenvalue weighted by Gasteiger charge is -2.11. The van der Waals surface area contributed by atoms with E-state index in [1.54, 1.807) is 6.07 Å². The molecule has 0 bridgehead atoms. The van der Waals surface area contributed by atoms with Crippen molar-refractivity contribution in [3.8, 4) is 0 Å². The third-order valence-corrected chi connectivity index (χ3v) is 2.77. The second kappa shape index (κ2) is 5.81. The number of hydrogen-bond donors (Lipinski definition) is 2. The Labute approximate surface area is 102 Å². The Morgan fingerprint density at radius 2 is 2.31 bits per heavy atom. The van der Waals surface area contributed by atoms with Gasteiger partial charge < -0.3 is 10.4 Å². The molecule has 16 heavy (non-hydrogen) atoms. The Bertz CT molecular complexity index is 384. The lowest BCUT2D eigenvalue weighted by atomic mass is 10.2. The van der Waals surface area contributed by atoms with Gasteiger partial charge in [-0.2, -0.15) is 0 Å². The van der Waals surface area contributed by atoms with E-state index in [2.05, 4.69) is 21.2 Å². The van der Waals surface area contributed by atoms with Gasteiger partial charge in [0, 0.05) is 35.4 Å². The van der Waals surface area contributed by atoms with Crippen LogP contribution in [0.2, 0.25) is 0 Å². The minimum absolute atomic E-state index is 0.0487. The fourth-order valence-electron chi connectivity index (χ4n) is 1.11. The van der Waals surface area contributed by atoms with Crippen molar-refractivity contribution < 1.29 is 10.0 Å². The number of hydrogen-bond acceptors (Lipinski definition) is 4. The summed E-state index contributed by atoms with van der Waals surface area (Å²) in [6.45, 7) is 2.64. The third-order valence-electron chi connectivity index (χ3n) is 2.12. The van der Waals surface area contributed by atoms with E-state index in [1.807, 2.05) is 6.92 Å². The molecule has 5 nitrogen and oxygen atoms in total. The van der Waals surface area contributed by atoms with Crippen molar-refractivity contribution in [2.75, 3.05) is 18.5 Å². The minimum atomic E-state index is -0.440. The zero-order chi connectivity index (χ0) is 12.1. The molecule has 0 saturated heterocycles. The van der Waals surface area contributed by atoms with E-state index < -0.39 is 4.92 Å². The van der Waals surface area contributed by atoms with Crippen LogP contribution in [0.4, 0.5) is 11.4 Å². The molecule has 0 fully saturated rings. The van der Waals surface area contributed by atoms with Crippen molar-refractivity contribution >= 4 is 27.3 Å². The highest BCUT2D eigenvalue weighted by atomic mass is 79.9. The Morgan fingerprint density at radius 1 is 1.62 bits per heavy atom. The first-order chi connectivity index (χ1) is 7.54. The molecule has 1 rings (SSSR count). The molecule has 1 aromatic rings. The van der Waals surface area contributed by atoms with Crippen LogP contribution >= 0.6 is 15.9 Å². The molecule has 0 heterocycles. The number of nitrogens with one attached hydrogen (secondary N) is 1. The van der Waals surface area contributed by atoms with Crippen molar-refractivity contribution in [1.82, 2.24) is 0 Å². The predicted octanol–water partition coefficient (Wildman–Crippen LogP) is 2.40. The summed E-state index contributed by atoms with van der Waals surface area (Å²) in [7, 11) is 0. The third kappa shape index (κ3) is 3.46. The molecule has 0 aliphatic rings. The molecule has 0 amide bonds. The molecule has 1 atom stereocenters. The molecule has 0 radical (unpaired) electrons. The largest absolute Gasteiger partial charge is 0.396 e. The molecule has 0 saturated carbocycles. The molecule has 6 heteroatoms. The highest BCUT2D eigenvalue weighted by Gasteiger charge is 2.09. The van der Waals surface area contributed by atoms with Crippen LogP contribution in [0.1, 0.15) is 6.92 Å². The first-order valence-electron chi connectivity index (χ1n) is 4.83. The molecular formula is C10H13BrN2O3. The maximum Gasteiger partial charge on any atom is 0.270 e. The number of nitro groups is 1. The summed E-state index contributed by atoms with van der Waals surface area (Å²) in [5.41, 5.74) is 0.832. The van der Waals surface area contributed by atoms with Gasteiger partial charge in [-0.1, -0.05) is 6.92 Å². The zero-order valence-corrected chi connectivity index (χ0v) is 10.4. The second-order valence-electron chi connectivity index (χ2n) is 3.59. The van der Waals surface area contributed by atoms with E-state index in [-0.39, 0.29) is 18.2 Å². The van der Waals surface area contributed by atoms with Gasteiger partial charge in [0.25, 0.3) is 5.69 Å². The van der Waals surface area contributed by atoms with Crippen LogP contribution in [-0.4, -0.2) is 23.2 Å². The molecule has 0 aromatic heterocycles. The van der Waals surface area contributed by atoms with Gasteiger partial charge in [-0.3, -0.25) is 10.1 Å². The molecule has 2 N–H and O–H groups in total. The molecular weight excluding hydrogens is 276 g/mol. The molecule has 0 spiro atoms. The number of aliphatic hydroxyl groups is 1. The highest BCUT2D eigenvalue weighted by Crippen LogP contribution is 2.27. The van der Waals surface area contributed by atoms with E-state index in [4.69, 9.17) is 5.11 Å². The lowest BCUT2D eigenvalue weighted by Crippen LogP contribution is -2.14. The van der Waals surface area contributed by atoms with E-state index in [0.717, 1.165) is 5.69 Å². The number of halogens is 1. The van der Waals surface area contributed by atoms with Gasteiger partial charge in [0.2, 0.25) is 0 Å². The van der Waals surface area contributed by atoms with E-state index in [9.17, 15) is 10.1 Å². The van der Waals surface area contributed by atoms with Gasteiger partial charge >= 0.3 is 0 Å². The Balaban J connectivity index is 2.72. The molecule has 1 aromatic carbocycles. The number of nitrogens with zero attached hydrogens (tertiary/aromatic N) is 1. The van der Waals surface area contributed by atoms with Gasteiger partial charge in [0.05, 0.1) is 4.92 Å². The zero-order valence-electron chi connectivity index (χ0n) is 8.81. The first kappa shape index (κ1) is 12.9. The fraction of sp³-hybridized carbons (Fsp3) is 0.400. The number of nitro benzene ring substituents is 1. The molecule has 0 aliphatic heterocycles. The summed E-state index contributed by atoms with van der Waals surface area (Å²) in [4.78, 5) is 10.1. The Hall–Kier alpha value is -1.14. The standard InChI is InChI=1S/C10H13BrN2O3/c1-7(6-14)5-12-10-3-2-8(13(15)16)4-9(10)11/h2-4,7,12,14H,5-6H2,1H3. The van der Waals surface area contributed by atoms with Gasteiger partial charge in [0.1, 0.15) is 0 Å². The van der Waals surface area contributed by atoms with Crippen LogP contribution in [-0.2, 0) is 0 Å². The van der Waals surface area contributed by atoms with Crippen LogP contribution < -0.4 is 5.32 Å². The molecule has 1 unspecified atom stereocenters. The van der Waals surface area contributed by atoms with Crippen molar-refractivity contribution in [1.29, 1.82) is 0 Å². The highest BCUT2D eigenvalue weighted by molar-refractivity contribution is 9.10. The van der Waals surface area contributed by atoms with Gasteiger partial charge in [-0.15, -0.1) is 0 Å². The summed E-state index contributed by atoms with van der Waals surface area (Å²) in [5.74, 6) is 0.141.